The molecular weight excluding hydrogens is 768 g/mol. The number of nitriles is 1. The SMILES string of the molecule is C.C.C.C.CCO.CCOC(=N)CC(=O)OCC.CCOC(=O)CC#N.CCOC(=O)CC1=NCCS1.CCOC(=O)CC1CCCS1.Cl.NCCS. The molecule has 1 atom stereocenters. The highest BCUT2D eigenvalue weighted by Crippen LogP contribution is 2.28. The predicted molar refractivity (Wildman–Crippen MR) is 230 cm³/mol. The second kappa shape index (κ2) is 59.1. The van der Waals surface area contributed by atoms with Gasteiger partial charge in [-0.1, -0.05) is 29.7 Å². The number of aliphatic imine (C=N–C) groups is 1. The number of carbonyl (C=O) groups excluding carboxylic acids is 4. The van der Waals surface area contributed by atoms with Gasteiger partial charge < -0.3 is 34.5 Å². The largest absolute Gasteiger partial charge is 0.481 e. The summed E-state index contributed by atoms with van der Waals surface area (Å²) in [5, 5.41) is 24.0. The van der Waals surface area contributed by atoms with E-state index in [0.29, 0.717) is 57.7 Å². The molecule has 4 N–H and O–H groups in total. The molecule has 14 nitrogen and oxygen atoms in total. The monoisotopic (exact) mass is 842 g/mol. The highest BCUT2D eigenvalue weighted by molar-refractivity contribution is 8.14. The number of nitrogens with zero attached hydrogens (tertiary/aromatic N) is 2. The molecule has 1 saturated heterocycles. The van der Waals surface area contributed by atoms with E-state index < -0.39 is 11.9 Å². The third-order valence-corrected chi connectivity index (χ3v) is 7.21. The minimum Gasteiger partial charge on any atom is -0.481 e. The zero-order chi connectivity index (χ0) is 37.4. The van der Waals surface area contributed by atoms with Gasteiger partial charge in [-0.2, -0.15) is 29.7 Å². The summed E-state index contributed by atoms with van der Waals surface area (Å²) in [5.74, 6) is 1.91. The number of carbonyl (C=O) groups is 4. The Bertz CT molecular complexity index is 892. The molecule has 2 heterocycles. The Balaban J connectivity index is -0.0000000640. The number of halogens is 1. The number of nitrogens with one attached hydrogen (secondary N) is 1. The molecule has 1 fully saturated rings. The van der Waals surface area contributed by atoms with Crippen LogP contribution in [0.3, 0.4) is 0 Å². The van der Waals surface area contributed by atoms with Gasteiger partial charge in [0.25, 0.3) is 0 Å². The number of nitrogens with two attached hydrogens (primary N) is 1. The Hall–Kier alpha value is -2.23. The highest BCUT2D eigenvalue weighted by Gasteiger charge is 2.19. The smallest absolute Gasteiger partial charge is 0.320 e. The fourth-order valence-corrected chi connectivity index (χ4v) is 4.95. The van der Waals surface area contributed by atoms with E-state index in [1.165, 1.54) is 18.6 Å². The van der Waals surface area contributed by atoms with Crippen LogP contribution < -0.4 is 5.73 Å². The maximum Gasteiger partial charge on any atom is 0.320 e. The number of aliphatic hydroxyl groups excluding tert-OH is 1. The number of thioether (sulfide) groups is 2. The van der Waals surface area contributed by atoms with Crippen LogP contribution in [0.15, 0.2) is 4.99 Å². The molecule has 0 aliphatic carbocycles. The van der Waals surface area contributed by atoms with E-state index in [0.717, 1.165) is 23.1 Å². The van der Waals surface area contributed by atoms with E-state index in [-0.39, 0.29) is 79.4 Å². The van der Waals surface area contributed by atoms with E-state index >= 15 is 0 Å². The molecule has 0 amide bonds. The molecule has 1 unspecified atom stereocenters. The number of esters is 4. The number of thiol groups is 1. The van der Waals surface area contributed by atoms with Crippen LogP contribution in [0.1, 0.15) is 110 Å². The first-order valence-corrected chi connectivity index (χ1v) is 18.6. The second-order valence-corrected chi connectivity index (χ2v) is 11.6. The number of aliphatic hydroxyl groups is 1. The van der Waals surface area contributed by atoms with Crippen LogP contribution in [0, 0.1) is 16.7 Å². The van der Waals surface area contributed by atoms with Gasteiger partial charge in [0.05, 0.1) is 57.0 Å². The molecule has 320 valence electrons. The molecule has 18 heteroatoms. The van der Waals surface area contributed by atoms with Crippen molar-refractivity contribution in [3.05, 3.63) is 0 Å². The molecule has 0 radical (unpaired) electrons. The average Bonchev–Trinajstić information content (AvgIpc) is 3.74. The van der Waals surface area contributed by atoms with E-state index in [1.54, 1.807) is 45.5 Å². The second-order valence-electron chi connectivity index (χ2n) is 8.56. The normalized spacial score (nSPS) is 12.2. The third kappa shape index (κ3) is 62.1. The summed E-state index contributed by atoms with van der Waals surface area (Å²) >= 11 is 7.34. The zero-order valence-corrected chi connectivity index (χ0v) is 33.2. The lowest BCUT2D eigenvalue weighted by atomic mass is 10.2. The van der Waals surface area contributed by atoms with Crippen LogP contribution in [0.5, 0.6) is 0 Å². The summed E-state index contributed by atoms with van der Waals surface area (Å²) in [7, 11) is 0. The van der Waals surface area contributed by atoms with Crippen molar-refractivity contribution in [2.75, 3.05) is 70.0 Å². The van der Waals surface area contributed by atoms with Crippen molar-refractivity contribution >= 4 is 83.4 Å². The Morgan fingerprint density at radius 3 is 1.70 bits per heavy atom. The lowest BCUT2D eigenvalue weighted by molar-refractivity contribution is -0.143. The van der Waals surface area contributed by atoms with Crippen LogP contribution in [-0.2, 0) is 42.9 Å². The topological polar surface area (TPSA) is 221 Å². The van der Waals surface area contributed by atoms with Crippen LogP contribution >= 0.6 is 48.6 Å². The summed E-state index contributed by atoms with van der Waals surface area (Å²) in [6.07, 6.45) is 3.20. The molecule has 0 saturated carbocycles. The first-order valence-electron chi connectivity index (χ1n) is 15.9. The van der Waals surface area contributed by atoms with E-state index in [2.05, 4.69) is 27.1 Å². The van der Waals surface area contributed by atoms with Crippen molar-refractivity contribution in [2.45, 2.75) is 115 Å². The van der Waals surface area contributed by atoms with Gasteiger partial charge in [0.15, 0.2) is 5.90 Å². The number of hydrogen-bond donors (Lipinski definition) is 4. The standard InChI is InChI=1S/C8H14O2S.C7H13NO3.C7H11NO2S.C5H7NO2.C2H7NS.C2H6O.4CH4.ClH/c1-2-10-8(9)6-7-4-3-5-11-7;1-3-10-6(8)5-7(9)11-4-2;1-2-10-7(9)5-6-8-3-4-11-6;1-2-8-5(7)3-4-6;3-1-2-4;1-2-3;;;;;/h7H,2-6H2,1H3;8H,3-5H2,1-2H3;2-5H2,1H3;2-3H2,1H3;4H,1-3H2;3H,2H2,1H3;4*1H4;1H. The fraction of sp³-hybridized carbons (Fsp3) is 0.800. The fourth-order valence-electron chi connectivity index (χ4n) is 2.88. The van der Waals surface area contributed by atoms with Gasteiger partial charge >= 0.3 is 23.9 Å². The summed E-state index contributed by atoms with van der Waals surface area (Å²) in [4.78, 5) is 46.9. The van der Waals surface area contributed by atoms with Crippen molar-refractivity contribution in [3.8, 4) is 6.07 Å². The van der Waals surface area contributed by atoms with Gasteiger partial charge in [0, 0.05) is 36.5 Å². The number of rotatable bonds is 13. The first-order chi connectivity index (χ1) is 23.0. The van der Waals surface area contributed by atoms with Crippen LogP contribution in [0.25, 0.3) is 0 Å². The molecule has 53 heavy (non-hydrogen) atoms. The molecule has 2 aliphatic rings. The Kier molecular flexibility index (Phi) is 80.3. The van der Waals surface area contributed by atoms with E-state index in [1.807, 2.05) is 25.6 Å². The van der Waals surface area contributed by atoms with Gasteiger partial charge in [-0.25, -0.2) is 0 Å². The van der Waals surface area contributed by atoms with Crippen molar-refractivity contribution < 1.29 is 48.0 Å². The van der Waals surface area contributed by atoms with E-state index in [4.69, 9.17) is 35.7 Å². The van der Waals surface area contributed by atoms with Crippen LogP contribution in [0.4, 0.5) is 0 Å². The molecule has 0 aromatic carbocycles. The highest BCUT2D eigenvalue weighted by atomic mass is 35.5. The zero-order valence-electron chi connectivity index (χ0n) is 29.9. The molecule has 0 aromatic heterocycles. The minimum absolute atomic E-state index is 0. The quantitative estimate of drug-likeness (QED) is 0.0475. The van der Waals surface area contributed by atoms with Crippen molar-refractivity contribution in [1.29, 1.82) is 10.7 Å². The van der Waals surface area contributed by atoms with Crippen molar-refractivity contribution in [1.82, 2.24) is 0 Å². The Morgan fingerprint density at radius 2 is 1.32 bits per heavy atom. The van der Waals surface area contributed by atoms with Gasteiger partial charge in [0.2, 0.25) is 0 Å². The van der Waals surface area contributed by atoms with Gasteiger partial charge in [-0.15, -0.1) is 24.2 Å². The first kappa shape index (κ1) is 72.1. The lowest BCUT2D eigenvalue weighted by Crippen LogP contribution is -2.12. The molecule has 2 rings (SSSR count). The lowest BCUT2D eigenvalue weighted by Gasteiger charge is -2.06. The number of hydrogen-bond acceptors (Lipinski definition) is 17. The molecule has 2 aliphatic heterocycles. The predicted octanol–water partition coefficient (Wildman–Crippen LogP) is 7.18. The van der Waals surface area contributed by atoms with Gasteiger partial charge in [-0.3, -0.25) is 29.6 Å². The summed E-state index contributed by atoms with van der Waals surface area (Å²) in [6, 6.07) is 1.68. The third-order valence-electron chi connectivity index (χ3n) is 4.56. The van der Waals surface area contributed by atoms with Crippen LogP contribution in [0.2, 0.25) is 0 Å². The Morgan fingerprint density at radius 1 is 0.868 bits per heavy atom. The summed E-state index contributed by atoms with van der Waals surface area (Å²) in [6.45, 7) is 14.4. The van der Waals surface area contributed by atoms with Crippen molar-refractivity contribution in [3.63, 3.8) is 0 Å². The molecule has 0 spiro atoms. The summed E-state index contributed by atoms with van der Waals surface area (Å²) < 4.78 is 23.4. The molecule has 0 bridgehead atoms. The number of ether oxygens (including phenoxy) is 5. The summed E-state index contributed by atoms with van der Waals surface area (Å²) in [5.41, 5.74) is 4.95. The van der Waals surface area contributed by atoms with E-state index in [9.17, 15) is 19.2 Å². The van der Waals surface area contributed by atoms with Gasteiger partial charge in [-0.05, 0) is 60.1 Å². The van der Waals surface area contributed by atoms with Crippen LogP contribution in [-0.4, -0.2) is 115 Å². The molecule has 0 aromatic rings. The minimum atomic E-state index is -0.449. The van der Waals surface area contributed by atoms with Gasteiger partial charge in [0.1, 0.15) is 12.8 Å². The average molecular weight is 844 g/mol. The maximum absolute atomic E-state index is 11.0. The maximum atomic E-state index is 11.0. The Labute approximate surface area is 342 Å². The molecular formula is C35H75ClN4O10S3. The van der Waals surface area contributed by atoms with Crippen molar-refractivity contribution in [2.24, 2.45) is 10.7 Å².